The van der Waals surface area contributed by atoms with E-state index >= 15 is 0 Å². The molecular formula is C48H30N2O. The molecule has 0 N–H and O–H groups in total. The maximum Gasteiger partial charge on any atom is 0.152 e. The van der Waals surface area contributed by atoms with E-state index in [2.05, 4.69) is 185 Å². The molecule has 11 aromatic rings. The molecule has 3 heteroatoms. The molecule has 9 aromatic carbocycles. The molecule has 51 heavy (non-hydrogen) atoms. The number of hydrogen-bond donors (Lipinski definition) is 0. The molecule has 3 nitrogen and oxygen atoms in total. The Kier molecular flexibility index (Phi) is 5.96. The zero-order valence-electron chi connectivity index (χ0n) is 27.6. The van der Waals surface area contributed by atoms with Crippen LogP contribution in [-0.2, 0) is 0 Å². The van der Waals surface area contributed by atoms with E-state index in [4.69, 9.17) is 4.42 Å². The molecule has 238 valence electrons. The molecule has 2 aromatic heterocycles. The second-order valence-corrected chi connectivity index (χ2v) is 13.3. The van der Waals surface area contributed by atoms with E-state index in [1.807, 2.05) is 6.07 Å². The van der Waals surface area contributed by atoms with Gasteiger partial charge in [0.05, 0.1) is 22.1 Å². The first-order chi connectivity index (χ1) is 25.3. The van der Waals surface area contributed by atoms with Crippen LogP contribution in [0, 0.1) is 0 Å². The van der Waals surface area contributed by atoms with Gasteiger partial charge in [-0.2, -0.15) is 0 Å². The summed E-state index contributed by atoms with van der Waals surface area (Å²) in [6.07, 6.45) is 0. The van der Waals surface area contributed by atoms with E-state index in [9.17, 15) is 0 Å². The minimum atomic E-state index is 0.833. The zero-order chi connectivity index (χ0) is 33.5. The number of rotatable bonds is 2. The third-order valence-corrected chi connectivity index (χ3v) is 10.5. The van der Waals surface area contributed by atoms with E-state index in [1.54, 1.807) is 0 Å². The summed E-state index contributed by atoms with van der Waals surface area (Å²) < 4.78 is 11.5. The maximum absolute atomic E-state index is 6.77. The second kappa shape index (κ2) is 10.8. The molecule has 11 rings (SSSR count). The highest BCUT2D eigenvalue weighted by Crippen LogP contribution is 2.40. The molecule has 0 saturated carbocycles. The van der Waals surface area contributed by atoms with Crippen molar-refractivity contribution in [2.45, 2.75) is 0 Å². The van der Waals surface area contributed by atoms with E-state index in [0.717, 1.165) is 44.3 Å². The standard InChI is InChI=1S/C48H30N2O/c1-2-14-31(15-3-1)49-45-24-12-13-25-47(45)51-48-30-42-36-19-7-6-17-34(36)33-16-4-5-18-35(33)37-27-26-32(28-40(37)41(42)29-46(48)49)50-43-22-10-8-20-38(43)39-21-9-11-23-44(39)50/h1-30H. The van der Waals surface area contributed by atoms with Gasteiger partial charge in [-0.25, -0.2) is 0 Å². The van der Waals surface area contributed by atoms with Gasteiger partial charge >= 0.3 is 0 Å². The van der Waals surface area contributed by atoms with Crippen LogP contribution in [0.1, 0.15) is 0 Å². The van der Waals surface area contributed by atoms with Crippen molar-refractivity contribution in [1.82, 2.24) is 9.13 Å². The molecule has 0 aliphatic rings. The monoisotopic (exact) mass is 650 g/mol. The van der Waals surface area contributed by atoms with Crippen LogP contribution in [0.3, 0.4) is 0 Å². The molecule has 2 heterocycles. The Morgan fingerprint density at radius 1 is 0.255 bits per heavy atom. The van der Waals surface area contributed by atoms with Gasteiger partial charge in [-0.05, 0) is 104 Å². The highest BCUT2D eigenvalue weighted by molar-refractivity contribution is 6.27. The average Bonchev–Trinajstić information content (AvgIpc) is 3.53. The average molecular weight is 651 g/mol. The summed E-state index contributed by atoms with van der Waals surface area (Å²) in [4.78, 5) is 0. The number of benzene rings is 8. The van der Waals surface area contributed by atoms with Gasteiger partial charge in [0.2, 0.25) is 0 Å². The first-order valence-electron chi connectivity index (χ1n) is 17.4. The summed E-state index contributed by atoms with van der Waals surface area (Å²) in [6.45, 7) is 0. The van der Waals surface area contributed by atoms with Crippen molar-refractivity contribution in [2.24, 2.45) is 0 Å². The van der Waals surface area contributed by atoms with Gasteiger partial charge in [0.1, 0.15) is 0 Å². The van der Waals surface area contributed by atoms with Crippen molar-refractivity contribution in [1.29, 1.82) is 0 Å². The van der Waals surface area contributed by atoms with Crippen LogP contribution in [-0.4, -0.2) is 9.13 Å². The van der Waals surface area contributed by atoms with Crippen LogP contribution in [0.5, 0.6) is 0 Å². The summed E-state index contributed by atoms with van der Waals surface area (Å²) in [6, 6.07) is 65.6. The Hall–Kier alpha value is -6.84. The number of hydrogen-bond acceptors (Lipinski definition) is 1. The van der Waals surface area contributed by atoms with Crippen LogP contribution in [0.2, 0.25) is 0 Å². The van der Waals surface area contributed by atoms with Crippen molar-refractivity contribution >= 4 is 87.1 Å². The highest BCUT2D eigenvalue weighted by atomic mass is 16.3. The molecule has 0 amide bonds. The molecule has 0 saturated heterocycles. The van der Waals surface area contributed by atoms with Crippen LogP contribution in [0.4, 0.5) is 0 Å². The van der Waals surface area contributed by atoms with Gasteiger partial charge in [0.15, 0.2) is 11.2 Å². The van der Waals surface area contributed by atoms with Gasteiger partial charge in [0.25, 0.3) is 0 Å². The Balaban J connectivity index is 1.39. The van der Waals surface area contributed by atoms with Gasteiger partial charge in [-0.15, -0.1) is 0 Å². The number of para-hydroxylation sites is 5. The second-order valence-electron chi connectivity index (χ2n) is 13.3. The van der Waals surface area contributed by atoms with E-state index in [0.29, 0.717) is 0 Å². The fourth-order valence-corrected chi connectivity index (χ4v) is 8.34. The number of aromatic nitrogens is 2. The summed E-state index contributed by atoms with van der Waals surface area (Å²) in [5, 5.41) is 12.0. The van der Waals surface area contributed by atoms with Crippen molar-refractivity contribution < 1.29 is 4.42 Å². The predicted octanol–water partition coefficient (Wildman–Crippen LogP) is 13.2. The van der Waals surface area contributed by atoms with Crippen molar-refractivity contribution in [3.8, 4) is 11.4 Å². The van der Waals surface area contributed by atoms with Crippen molar-refractivity contribution in [3.05, 3.63) is 182 Å². The first-order valence-corrected chi connectivity index (χ1v) is 17.4. The van der Waals surface area contributed by atoms with Gasteiger partial charge in [0, 0.05) is 22.1 Å². The predicted molar refractivity (Wildman–Crippen MR) is 215 cm³/mol. The molecule has 0 aliphatic carbocycles. The summed E-state index contributed by atoms with van der Waals surface area (Å²) >= 11 is 0. The maximum atomic E-state index is 6.77. The third-order valence-electron chi connectivity index (χ3n) is 10.5. The van der Waals surface area contributed by atoms with E-state index in [1.165, 1.54) is 54.1 Å². The lowest BCUT2D eigenvalue weighted by Gasteiger charge is -2.17. The normalized spacial score (nSPS) is 11.9. The third kappa shape index (κ3) is 4.12. The molecule has 0 spiro atoms. The quantitative estimate of drug-likeness (QED) is 0.171. The molecule has 0 atom stereocenters. The number of fused-ring (bicyclic) bond motifs is 13. The Labute approximate surface area is 293 Å². The minimum absolute atomic E-state index is 0.833. The van der Waals surface area contributed by atoms with Crippen molar-refractivity contribution in [2.75, 3.05) is 0 Å². The largest absolute Gasteiger partial charge is 0.453 e. The fraction of sp³-hybridized carbons (Fsp3) is 0. The Bertz CT molecular complexity index is 3200. The highest BCUT2D eigenvalue weighted by Gasteiger charge is 2.17. The van der Waals surface area contributed by atoms with Gasteiger partial charge < -0.3 is 13.6 Å². The van der Waals surface area contributed by atoms with Gasteiger partial charge in [-0.1, -0.05) is 121 Å². The van der Waals surface area contributed by atoms with Crippen molar-refractivity contribution in [3.63, 3.8) is 0 Å². The number of nitrogens with zero attached hydrogens (tertiary/aromatic N) is 2. The minimum Gasteiger partial charge on any atom is -0.453 e. The van der Waals surface area contributed by atoms with Crippen LogP contribution in [0.15, 0.2) is 186 Å². The van der Waals surface area contributed by atoms with Crippen LogP contribution < -0.4 is 0 Å². The van der Waals surface area contributed by atoms with E-state index in [-0.39, 0.29) is 0 Å². The summed E-state index contributed by atoms with van der Waals surface area (Å²) in [7, 11) is 0. The summed E-state index contributed by atoms with van der Waals surface area (Å²) in [5.74, 6) is 0. The Morgan fingerprint density at radius 2 is 0.706 bits per heavy atom. The summed E-state index contributed by atoms with van der Waals surface area (Å²) in [5.41, 5.74) is 8.31. The van der Waals surface area contributed by atoms with Gasteiger partial charge in [-0.3, -0.25) is 0 Å². The van der Waals surface area contributed by atoms with Crippen LogP contribution in [0.25, 0.3) is 98.5 Å². The lowest BCUT2D eigenvalue weighted by molar-refractivity contribution is 0.654. The Morgan fingerprint density at radius 3 is 1.35 bits per heavy atom. The fourth-order valence-electron chi connectivity index (χ4n) is 8.34. The SMILES string of the molecule is c1ccc(-n2c3ccccc3oc3cc4c5ccccc5c5ccccc5c5ccc(-n6c7ccccc7c7ccccc76)cc5c4cc32)cc1. The lowest BCUT2D eigenvalue weighted by atomic mass is 9.94. The molecule has 0 unspecified atom stereocenters. The first kappa shape index (κ1) is 28.0. The molecular weight excluding hydrogens is 621 g/mol. The molecule has 0 bridgehead atoms. The molecule has 0 fully saturated rings. The van der Waals surface area contributed by atoms with E-state index < -0.39 is 0 Å². The van der Waals surface area contributed by atoms with Crippen LogP contribution >= 0.6 is 0 Å². The smallest absolute Gasteiger partial charge is 0.152 e. The zero-order valence-corrected chi connectivity index (χ0v) is 27.6. The molecule has 0 aliphatic heterocycles. The topological polar surface area (TPSA) is 23.0 Å². The lowest BCUT2D eigenvalue weighted by Crippen LogP contribution is -2.00. The molecule has 0 radical (unpaired) electrons.